The van der Waals surface area contributed by atoms with Crippen molar-refractivity contribution in [3.05, 3.63) is 95.8 Å². The quantitative estimate of drug-likeness (QED) is 0.213. The Morgan fingerprint density at radius 2 is 1.86 bits per heavy atom. The molecule has 0 aliphatic heterocycles. The number of nitrogens with one attached hydrogen (secondary N) is 2. The van der Waals surface area contributed by atoms with E-state index in [2.05, 4.69) is 10.6 Å². The van der Waals surface area contributed by atoms with Gasteiger partial charge in [0.2, 0.25) is 5.91 Å². The molecule has 0 aliphatic carbocycles. The minimum absolute atomic E-state index is 0.270. The molecule has 8 nitrogen and oxygen atoms in total. The number of hydrogen-bond acceptors (Lipinski definition) is 6. The topological polar surface area (TPSA) is 137 Å². The van der Waals surface area contributed by atoms with Crippen molar-refractivity contribution in [2.45, 2.75) is 25.9 Å². The van der Waals surface area contributed by atoms with Crippen LogP contribution in [0.15, 0.2) is 78.9 Å². The van der Waals surface area contributed by atoms with Gasteiger partial charge in [-0.25, -0.2) is 9.18 Å². The first-order valence-corrected chi connectivity index (χ1v) is 11.5. The number of phenolic OH excluding ortho intramolecular Hbond substituents is 1. The van der Waals surface area contributed by atoms with Crippen LogP contribution in [-0.2, 0) is 9.53 Å². The van der Waals surface area contributed by atoms with Crippen molar-refractivity contribution >= 4 is 29.1 Å². The van der Waals surface area contributed by atoms with Gasteiger partial charge >= 0.3 is 6.09 Å². The van der Waals surface area contributed by atoms with Crippen LogP contribution >= 0.6 is 0 Å². The molecule has 0 unspecified atom stereocenters. The molecule has 0 saturated heterocycles. The predicted molar refractivity (Wildman–Crippen MR) is 139 cm³/mol. The summed E-state index contributed by atoms with van der Waals surface area (Å²) in [6.45, 7) is 1.84. The van der Waals surface area contributed by atoms with E-state index in [9.17, 15) is 19.1 Å². The minimum atomic E-state index is -0.833. The lowest BCUT2D eigenvalue weighted by Gasteiger charge is -2.25. The first-order chi connectivity index (χ1) is 17.8. The summed E-state index contributed by atoms with van der Waals surface area (Å²) in [5.41, 5.74) is 8.05. The molecule has 0 bridgehead atoms. The van der Waals surface area contributed by atoms with Crippen LogP contribution in [0, 0.1) is 23.1 Å². The molecule has 190 valence electrons. The number of anilines is 3. The third-order valence-corrected chi connectivity index (χ3v) is 5.59. The maximum absolute atomic E-state index is 14.1. The van der Waals surface area contributed by atoms with Gasteiger partial charge in [0.05, 0.1) is 23.0 Å². The molecule has 9 heteroatoms. The molecule has 3 rings (SSSR count). The van der Waals surface area contributed by atoms with Gasteiger partial charge in [0.15, 0.2) is 11.6 Å². The number of halogens is 1. The predicted octanol–water partition coefficient (Wildman–Crippen LogP) is 5.89. The Morgan fingerprint density at radius 1 is 1.14 bits per heavy atom. The monoisotopic (exact) mass is 502 g/mol. The van der Waals surface area contributed by atoms with Crippen LogP contribution in [0.4, 0.5) is 26.2 Å². The summed E-state index contributed by atoms with van der Waals surface area (Å²) in [5, 5.41) is 23.8. The van der Waals surface area contributed by atoms with Gasteiger partial charge in [-0.3, -0.25) is 10.1 Å². The second kappa shape index (κ2) is 12.7. The van der Waals surface area contributed by atoms with Gasteiger partial charge in [0, 0.05) is 5.69 Å². The number of phenols is 1. The summed E-state index contributed by atoms with van der Waals surface area (Å²) < 4.78 is 19.7. The number of allylic oxidation sites excluding steroid dienone is 1. The van der Waals surface area contributed by atoms with Gasteiger partial charge in [-0.05, 0) is 78.9 Å². The Kier molecular flexibility index (Phi) is 9.22. The number of nitrogen functional groups attached to an aromatic ring is 1. The van der Waals surface area contributed by atoms with E-state index in [-0.39, 0.29) is 11.8 Å². The van der Waals surface area contributed by atoms with E-state index >= 15 is 0 Å². The van der Waals surface area contributed by atoms with E-state index in [0.29, 0.717) is 41.0 Å². The molecule has 0 aliphatic rings. The Labute approximate surface area is 214 Å². The zero-order valence-electron chi connectivity index (χ0n) is 20.1. The van der Waals surface area contributed by atoms with E-state index in [1.807, 2.05) is 13.0 Å². The first-order valence-electron chi connectivity index (χ1n) is 11.5. The SMILES string of the molecule is C[C@@H](CC/C=C/C(=O)Nc1ccccc1N)[C@@H](OC(=O)Nc1ccc(C#N)cc1)c1ccc(O)c(F)c1. The van der Waals surface area contributed by atoms with Crippen molar-refractivity contribution in [3.63, 3.8) is 0 Å². The molecule has 0 aromatic heterocycles. The minimum Gasteiger partial charge on any atom is -0.505 e. The molecule has 0 spiro atoms. The van der Waals surface area contributed by atoms with Gasteiger partial charge in [0.1, 0.15) is 6.10 Å². The van der Waals surface area contributed by atoms with Gasteiger partial charge < -0.3 is 20.9 Å². The number of para-hydroxylation sites is 2. The van der Waals surface area contributed by atoms with Gasteiger partial charge in [0.25, 0.3) is 0 Å². The van der Waals surface area contributed by atoms with Gasteiger partial charge in [-0.1, -0.05) is 31.2 Å². The number of nitrogens with zero attached hydrogens (tertiary/aromatic N) is 1. The largest absolute Gasteiger partial charge is 0.505 e. The van der Waals surface area contributed by atoms with Gasteiger partial charge in [-0.15, -0.1) is 0 Å². The number of amides is 2. The highest BCUT2D eigenvalue weighted by molar-refractivity contribution is 6.01. The van der Waals surface area contributed by atoms with Crippen LogP contribution in [0.1, 0.15) is 37.0 Å². The summed E-state index contributed by atoms with van der Waals surface area (Å²) in [6.07, 6.45) is 2.49. The second-order valence-electron chi connectivity index (χ2n) is 8.38. The maximum Gasteiger partial charge on any atom is 0.412 e. The van der Waals surface area contributed by atoms with Crippen molar-refractivity contribution in [2.24, 2.45) is 5.92 Å². The smallest absolute Gasteiger partial charge is 0.412 e. The van der Waals surface area contributed by atoms with E-state index in [4.69, 9.17) is 15.7 Å². The normalized spacial score (nSPS) is 12.4. The fourth-order valence-electron chi connectivity index (χ4n) is 3.59. The van der Waals surface area contributed by atoms with E-state index in [1.165, 1.54) is 18.2 Å². The average molecular weight is 503 g/mol. The standard InChI is InChI=1S/C28H27FN4O4/c1-18(6-2-5-9-26(35)33-24-8-4-3-7-23(24)31)27(20-12-15-25(34)22(29)16-20)37-28(36)32-21-13-10-19(17-30)11-14-21/h3-5,7-16,18,27,34H,2,6,31H2,1H3,(H,32,36)(H,33,35)/b9-5+/t18-,27+/m0/s1. The number of ether oxygens (including phenoxy) is 1. The number of carbonyl (C=O) groups excluding carboxylic acids is 2. The molecule has 5 N–H and O–H groups in total. The van der Waals surface area contributed by atoms with E-state index in [1.54, 1.807) is 54.6 Å². The molecule has 3 aromatic rings. The second-order valence-corrected chi connectivity index (χ2v) is 8.38. The highest BCUT2D eigenvalue weighted by Crippen LogP contribution is 2.32. The van der Waals surface area contributed by atoms with Crippen LogP contribution in [0.5, 0.6) is 5.75 Å². The van der Waals surface area contributed by atoms with Gasteiger partial charge in [-0.2, -0.15) is 5.26 Å². The third-order valence-electron chi connectivity index (χ3n) is 5.59. The summed E-state index contributed by atoms with van der Waals surface area (Å²) in [6, 6.07) is 19.0. The fraction of sp³-hybridized carbons (Fsp3) is 0.179. The Morgan fingerprint density at radius 3 is 2.54 bits per heavy atom. The lowest BCUT2D eigenvalue weighted by molar-refractivity contribution is -0.111. The van der Waals surface area contributed by atoms with E-state index in [0.717, 1.165) is 6.07 Å². The summed E-state index contributed by atoms with van der Waals surface area (Å²) in [7, 11) is 0. The number of benzene rings is 3. The number of nitriles is 1. The zero-order chi connectivity index (χ0) is 26.8. The number of hydrogen-bond donors (Lipinski definition) is 4. The fourth-order valence-corrected chi connectivity index (χ4v) is 3.59. The molecule has 2 amide bonds. The van der Waals surface area contributed by atoms with Crippen LogP contribution in [-0.4, -0.2) is 17.1 Å². The van der Waals surface area contributed by atoms with Crippen LogP contribution in [0.25, 0.3) is 0 Å². The summed E-state index contributed by atoms with van der Waals surface area (Å²) >= 11 is 0. The summed E-state index contributed by atoms with van der Waals surface area (Å²) in [4.78, 5) is 24.8. The van der Waals surface area contributed by atoms with Crippen molar-refractivity contribution in [2.75, 3.05) is 16.4 Å². The van der Waals surface area contributed by atoms with Crippen LogP contribution < -0.4 is 16.4 Å². The van der Waals surface area contributed by atoms with Crippen molar-refractivity contribution in [1.29, 1.82) is 5.26 Å². The molecular weight excluding hydrogens is 475 g/mol. The van der Waals surface area contributed by atoms with Crippen LogP contribution in [0.2, 0.25) is 0 Å². The molecule has 0 saturated carbocycles. The highest BCUT2D eigenvalue weighted by Gasteiger charge is 2.24. The number of carbonyl (C=O) groups is 2. The molecule has 0 fully saturated rings. The third kappa shape index (κ3) is 7.83. The molecule has 37 heavy (non-hydrogen) atoms. The lowest BCUT2D eigenvalue weighted by Crippen LogP contribution is -2.22. The van der Waals surface area contributed by atoms with E-state index < -0.39 is 23.8 Å². The van der Waals surface area contributed by atoms with Crippen molar-refractivity contribution in [3.8, 4) is 11.8 Å². The lowest BCUT2D eigenvalue weighted by atomic mass is 9.93. The Bertz CT molecular complexity index is 1320. The number of rotatable bonds is 9. The molecular formula is C28H27FN4O4. The maximum atomic E-state index is 14.1. The number of aromatic hydroxyl groups is 1. The summed E-state index contributed by atoms with van der Waals surface area (Å²) in [5.74, 6) is -1.94. The average Bonchev–Trinajstić information content (AvgIpc) is 2.88. The highest BCUT2D eigenvalue weighted by atomic mass is 19.1. The molecule has 0 heterocycles. The van der Waals surface area contributed by atoms with Crippen molar-refractivity contribution < 1.29 is 23.8 Å². The Hall–Kier alpha value is -4.84. The van der Waals surface area contributed by atoms with Crippen LogP contribution in [0.3, 0.4) is 0 Å². The number of nitrogens with two attached hydrogens (primary N) is 1. The van der Waals surface area contributed by atoms with Crippen molar-refractivity contribution in [1.82, 2.24) is 0 Å². The molecule has 0 radical (unpaired) electrons. The zero-order valence-corrected chi connectivity index (χ0v) is 20.1. The first kappa shape index (κ1) is 26.8. The molecule has 2 atom stereocenters. The molecule has 3 aromatic carbocycles. The Balaban J connectivity index is 1.64.